The van der Waals surface area contributed by atoms with Crippen LogP contribution in [0, 0.1) is 5.92 Å². The average molecular weight is 345 g/mol. The largest absolute Gasteiger partial charge is 0.396 e. The summed E-state index contributed by atoms with van der Waals surface area (Å²) in [4.78, 5) is 19.7. The molecule has 0 radical (unpaired) electrons. The number of piperidine rings is 1. The predicted octanol–water partition coefficient (Wildman–Crippen LogP) is 3.65. The molecule has 2 saturated heterocycles. The number of hydrogen-bond donors (Lipinski definition) is 1. The maximum atomic E-state index is 13.2. The number of halogens is 1. The van der Waals surface area contributed by atoms with Crippen molar-refractivity contribution in [1.82, 2.24) is 9.88 Å². The quantitative estimate of drug-likeness (QED) is 0.924. The van der Waals surface area contributed by atoms with E-state index in [9.17, 15) is 9.90 Å². The minimum absolute atomic E-state index is 0.111. The van der Waals surface area contributed by atoms with Crippen molar-refractivity contribution in [1.29, 1.82) is 0 Å². The Morgan fingerprint density at radius 1 is 1.25 bits per heavy atom. The van der Waals surface area contributed by atoms with E-state index in [1.165, 1.54) is 0 Å². The van der Waals surface area contributed by atoms with Gasteiger partial charge < -0.3 is 10.0 Å². The lowest BCUT2D eigenvalue weighted by molar-refractivity contribution is 0.0503. The highest BCUT2D eigenvalue weighted by Gasteiger charge is 2.43. The van der Waals surface area contributed by atoms with Gasteiger partial charge in [0.25, 0.3) is 5.91 Å². The van der Waals surface area contributed by atoms with Crippen LogP contribution in [-0.4, -0.2) is 39.6 Å². The molecule has 1 aromatic carbocycles. The fourth-order valence-corrected chi connectivity index (χ4v) is 4.65. The molecule has 4 nitrogen and oxygen atoms in total. The molecule has 126 valence electrons. The molecule has 2 atom stereocenters. The fraction of sp³-hybridized carbons (Fsp3) is 0.474. The highest BCUT2D eigenvalue weighted by atomic mass is 35.5. The van der Waals surface area contributed by atoms with Crippen LogP contribution in [0.3, 0.4) is 0 Å². The van der Waals surface area contributed by atoms with Gasteiger partial charge in [-0.05, 0) is 56.2 Å². The molecule has 3 heterocycles. The van der Waals surface area contributed by atoms with Crippen LogP contribution in [0.4, 0.5) is 0 Å². The van der Waals surface area contributed by atoms with Gasteiger partial charge in [0.1, 0.15) is 0 Å². The number of aliphatic hydroxyl groups is 1. The number of hydrogen-bond acceptors (Lipinski definition) is 3. The second-order valence-electron chi connectivity index (χ2n) is 6.97. The molecule has 2 bridgehead atoms. The average Bonchev–Trinajstić information content (AvgIpc) is 2.84. The SMILES string of the molecule is O=C(c1ccnc2cc(Cl)ccc12)N1C2CCC1CC(CCO)C2. The lowest BCUT2D eigenvalue weighted by Gasteiger charge is -2.39. The molecule has 24 heavy (non-hydrogen) atoms. The first-order valence-corrected chi connectivity index (χ1v) is 9.03. The van der Waals surface area contributed by atoms with Crippen molar-refractivity contribution in [2.45, 2.75) is 44.2 Å². The van der Waals surface area contributed by atoms with E-state index in [2.05, 4.69) is 9.88 Å². The van der Waals surface area contributed by atoms with Crippen LogP contribution in [0.1, 0.15) is 42.5 Å². The van der Waals surface area contributed by atoms with Gasteiger partial charge in [-0.1, -0.05) is 17.7 Å². The molecular formula is C19H21ClN2O2. The van der Waals surface area contributed by atoms with Gasteiger partial charge in [-0.2, -0.15) is 0 Å². The smallest absolute Gasteiger partial charge is 0.255 e. The fourth-order valence-electron chi connectivity index (χ4n) is 4.49. The van der Waals surface area contributed by atoms with Crippen LogP contribution < -0.4 is 0 Å². The van der Waals surface area contributed by atoms with Crippen LogP contribution in [-0.2, 0) is 0 Å². The summed E-state index contributed by atoms with van der Waals surface area (Å²) in [5.41, 5.74) is 1.48. The summed E-state index contributed by atoms with van der Waals surface area (Å²) in [5, 5.41) is 10.7. The summed E-state index contributed by atoms with van der Waals surface area (Å²) < 4.78 is 0. The zero-order valence-corrected chi connectivity index (χ0v) is 14.2. The number of aliphatic hydroxyl groups excluding tert-OH is 1. The van der Waals surface area contributed by atoms with Crippen molar-refractivity contribution in [3.63, 3.8) is 0 Å². The molecular weight excluding hydrogens is 324 g/mol. The molecule has 2 aromatic rings. The second-order valence-corrected chi connectivity index (χ2v) is 7.40. The predicted molar refractivity (Wildman–Crippen MR) is 94.2 cm³/mol. The molecule has 4 rings (SSSR count). The van der Waals surface area contributed by atoms with E-state index in [1.807, 2.05) is 18.2 Å². The number of pyridine rings is 1. The number of carbonyl (C=O) groups is 1. The third-order valence-corrected chi connectivity index (χ3v) is 5.77. The van der Waals surface area contributed by atoms with Gasteiger partial charge in [0.2, 0.25) is 0 Å². The normalized spacial score (nSPS) is 26.1. The van der Waals surface area contributed by atoms with E-state index in [-0.39, 0.29) is 12.5 Å². The summed E-state index contributed by atoms with van der Waals surface area (Å²) in [6.45, 7) is 0.244. The number of carbonyl (C=O) groups excluding carboxylic acids is 1. The standard InChI is InChI=1S/C19H21ClN2O2/c20-13-1-4-16-17(5-7-21-18(16)11-13)19(24)22-14-2-3-15(22)10-12(9-14)6-8-23/h1,4-5,7,11-12,14-15,23H,2-3,6,8-10H2. The summed E-state index contributed by atoms with van der Waals surface area (Å²) in [6, 6.07) is 7.93. The van der Waals surface area contributed by atoms with Crippen LogP contribution in [0.25, 0.3) is 10.9 Å². The molecule has 1 N–H and O–H groups in total. The molecule has 0 saturated carbocycles. The highest BCUT2D eigenvalue weighted by molar-refractivity contribution is 6.31. The first kappa shape index (κ1) is 15.9. The van der Waals surface area contributed by atoms with Crippen LogP contribution >= 0.6 is 11.6 Å². The first-order chi connectivity index (χ1) is 11.7. The Labute approximate surface area is 146 Å². The number of nitrogens with zero attached hydrogens (tertiary/aromatic N) is 2. The topological polar surface area (TPSA) is 53.4 Å². The molecule has 0 spiro atoms. The van der Waals surface area contributed by atoms with Gasteiger partial charge in [-0.25, -0.2) is 0 Å². The van der Waals surface area contributed by atoms with Gasteiger partial charge in [-0.3, -0.25) is 9.78 Å². The molecule has 1 aromatic heterocycles. The van der Waals surface area contributed by atoms with Crippen LogP contribution in [0.2, 0.25) is 5.02 Å². The zero-order valence-electron chi connectivity index (χ0n) is 13.5. The van der Waals surface area contributed by atoms with Crippen molar-refractivity contribution in [2.75, 3.05) is 6.61 Å². The van der Waals surface area contributed by atoms with Crippen molar-refractivity contribution < 1.29 is 9.90 Å². The van der Waals surface area contributed by atoms with Crippen molar-refractivity contribution in [3.05, 3.63) is 41.0 Å². The number of amides is 1. The molecule has 2 aliphatic heterocycles. The van der Waals surface area contributed by atoms with Crippen LogP contribution in [0.5, 0.6) is 0 Å². The zero-order chi connectivity index (χ0) is 16.7. The van der Waals surface area contributed by atoms with Gasteiger partial charge in [0.15, 0.2) is 0 Å². The Kier molecular flexibility index (Phi) is 4.19. The molecule has 2 aliphatic rings. The number of fused-ring (bicyclic) bond motifs is 3. The summed E-state index contributed by atoms with van der Waals surface area (Å²) in [5.74, 6) is 0.657. The second kappa shape index (κ2) is 6.34. The number of benzene rings is 1. The van der Waals surface area contributed by atoms with Crippen molar-refractivity contribution in [2.24, 2.45) is 5.92 Å². The van der Waals surface area contributed by atoms with E-state index in [0.29, 0.717) is 28.6 Å². The monoisotopic (exact) mass is 344 g/mol. The Bertz CT molecular complexity index is 765. The minimum Gasteiger partial charge on any atom is -0.396 e. The third-order valence-electron chi connectivity index (χ3n) is 5.54. The third kappa shape index (κ3) is 2.68. The Morgan fingerprint density at radius 3 is 2.71 bits per heavy atom. The maximum absolute atomic E-state index is 13.2. The lowest BCUT2D eigenvalue weighted by Crippen LogP contribution is -2.46. The molecule has 0 aliphatic carbocycles. The van der Waals surface area contributed by atoms with Gasteiger partial charge in [0.05, 0.1) is 11.1 Å². The Balaban J connectivity index is 1.65. The summed E-state index contributed by atoms with van der Waals surface area (Å²) in [7, 11) is 0. The van der Waals surface area contributed by atoms with Crippen LogP contribution in [0.15, 0.2) is 30.5 Å². The van der Waals surface area contributed by atoms with Crippen molar-refractivity contribution >= 4 is 28.4 Å². The van der Waals surface area contributed by atoms with Crippen molar-refractivity contribution in [3.8, 4) is 0 Å². The molecule has 2 unspecified atom stereocenters. The van der Waals surface area contributed by atoms with Gasteiger partial charge in [-0.15, -0.1) is 0 Å². The van der Waals surface area contributed by atoms with E-state index in [1.54, 1.807) is 12.3 Å². The summed E-state index contributed by atoms with van der Waals surface area (Å²) >= 11 is 6.05. The van der Waals surface area contributed by atoms with Gasteiger partial charge in [0, 0.05) is 35.3 Å². The molecule has 5 heteroatoms. The van der Waals surface area contributed by atoms with E-state index in [0.717, 1.165) is 43.0 Å². The number of rotatable bonds is 3. The highest BCUT2D eigenvalue weighted by Crippen LogP contribution is 2.41. The molecule has 2 fully saturated rings. The Hall–Kier alpha value is -1.65. The van der Waals surface area contributed by atoms with Gasteiger partial charge >= 0.3 is 0 Å². The Morgan fingerprint density at radius 2 is 2.00 bits per heavy atom. The number of aromatic nitrogens is 1. The van der Waals surface area contributed by atoms with E-state index < -0.39 is 0 Å². The maximum Gasteiger partial charge on any atom is 0.255 e. The lowest BCUT2D eigenvalue weighted by atomic mass is 9.88. The van der Waals surface area contributed by atoms with E-state index in [4.69, 9.17) is 11.6 Å². The first-order valence-electron chi connectivity index (χ1n) is 8.65. The summed E-state index contributed by atoms with van der Waals surface area (Å²) in [6.07, 6.45) is 6.72. The molecule has 1 amide bonds. The van der Waals surface area contributed by atoms with E-state index >= 15 is 0 Å². The minimum atomic E-state index is 0.111.